The molecule has 3 N–H and O–H groups in total. The lowest BCUT2D eigenvalue weighted by atomic mass is 10.1. The lowest BCUT2D eigenvalue weighted by Crippen LogP contribution is -2.22. The second kappa shape index (κ2) is 4.75. The van der Waals surface area contributed by atoms with E-state index in [1.807, 2.05) is 4.72 Å². The fraction of sp³-hybridized carbons (Fsp3) is 0.333. The van der Waals surface area contributed by atoms with Crippen LogP contribution in [0.15, 0.2) is 18.2 Å². The average molecular weight is 250 g/mol. The summed E-state index contributed by atoms with van der Waals surface area (Å²) in [4.78, 5) is 0. The molecule has 0 amide bonds. The number of hydrogen-bond donors (Lipinski definition) is 2. The van der Waals surface area contributed by atoms with Crippen molar-refractivity contribution in [3.63, 3.8) is 0 Å². The zero-order chi connectivity index (χ0) is 12.3. The first-order valence-electron chi connectivity index (χ1n) is 4.47. The zero-order valence-electron chi connectivity index (χ0n) is 8.57. The molecule has 0 fully saturated rings. The predicted molar refractivity (Wildman–Crippen MR) is 57.6 cm³/mol. The Labute approximate surface area is 92.5 Å². The van der Waals surface area contributed by atoms with Gasteiger partial charge in [-0.25, -0.2) is 8.42 Å². The van der Waals surface area contributed by atoms with E-state index in [1.54, 1.807) is 19.1 Å². The van der Waals surface area contributed by atoms with Crippen molar-refractivity contribution in [1.29, 1.82) is 0 Å². The van der Waals surface area contributed by atoms with Crippen LogP contribution in [0.3, 0.4) is 0 Å². The Morgan fingerprint density at radius 2 is 2.06 bits per heavy atom. The lowest BCUT2D eigenvalue weighted by molar-refractivity contribution is 0.236. The van der Waals surface area contributed by atoms with Gasteiger partial charge in [0, 0.05) is 6.54 Å². The molecule has 1 aromatic rings. The number of nitrogens with one attached hydrogen (secondary N) is 1. The summed E-state index contributed by atoms with van der Waals surface area (Å²) in [7, 11) is -4.64. The second-order valence-corrected chi connectivity index (χ2v) is 4.86. The van der Waals surface area contributed by atoms with Gasteiger partial charge in [-0.1, -0.05) is 12.1 Å². The highest BCUT2D eigenvalue weighted by Crippen LogP contribution is 2.21. The molecule has 0 saturated carbocycles. The van der Waals surface area contributed by atoms with E-state index in [1.165, 1.54) is 6.07 Å². The average Bonchev–Trinajstić information content (AvgIpc) is 2.17. The Balaban J connectivity index is 3.12. The number of aryl methyl sites for hydroxylation is 1. The van der Waals surface area contributed by atoms with Gasteiger partial charge in [-0.15, -0.1) is 0 Å². The van der Waals surface area contributed by atoms with Crippen molar-refractivity contribution in [3.8, 4) is 0 Å². The lowest BCUT2D eigenvalue weighted by Gasteiger charge is -2.12. The molecular weight excluding hydrogens is 238 g/mol. The van der Waals surface area contributed by atoms with E-state index in [4.69, 9.17) is 5.73 Å². The number of halogens is 2. The molecule has 0 aromatic heterocycles. The summed E-state index contributed by atoms with van der Waals surface area (Å²) in [5.74, 6) is -3.46. The van der Waals surface area contributed by atoms with Gasteiger partial charge in [-0.3, -0.25) is 4.72 Å². The third-order valence-corrected chi connectivity index (χ3v) is 3.07. The van der Waals surface area contributed by atoms with Gasteiger partial charge in [0.1, 0.15) is 0 Å². The first-order valence-corrected chi connectivity index (χ1v) is 6.01. The van der Waals surface area contributed by atoms with Gasteiger partial charge in [-0.05, 0) is 24.1 Å². The van der Waals surface area contributed by atoms with Gasteiger partial charge in [0.2, 0.25) is 0 Å². The summed E-state index contributed by atoms with van der Waals surface area (Å²) in [6.45, 7) is 1.80. The van der Waals surface area contributed by atoms with Crippen molar-refractivity contribution in [2.75, 3.05) is 4.72 Å². The molecule has 0 aliphatic carbocycles. The van der Waals surface area contributed by atoms with Crippen molar-refractivity contribution in [3.05, 3.63) is 29.3 Å². The van der Waals surface area contributed by atoms with Crippen LogP contribution >= 0.6 is 0 Å². The van der Waals surface area contributed by atoms with Crippen LogP contribution < -0.4 is 10.5 Å². The van der Waals surface area contributed by atoms with Crippen LogP contribution in [0.4, 0.5) is 14.5 Å². The normalized spacial score (nSPS) is 11.8. The number of benzene rings is 1. The highest BCUT2D eigenvalue weighted by atomic mass is 32.2. The van der Waals surface area contributed by atoms with Gasteiger partial charge >= 0.3 is 5.76 Å². The molecule has 0 spiro atoms. The third kappa shape index (κ3) is 2.67. The molecule has 1 aromatic carbocycles. The van der Waals surface area contributed by atoms with Crippen LogP contribution in [-0.4, -0.2) is 14.2 Å². The maximum Gasteiger partial charge on any atom is 0.355 e. The van der Waals surface area contributed by atoms with Crippen molar-refractivity contribution < 1.29 is 17.2 Å². The first-order chi connectivity index (χ1) is 7.38. The number of sulfonamides is 1. The first kappa shape index (κ1) is 12.9. The Kier molecular flexibility index (Phi) is 3.82. The summed E-state index contributed by atoms with van der Waals surface area (Å²) in [6.07, 6.45) is 0. The molecule has 0 saturated heterocycles. The van der Waals surface area contributed by atoms with Gasteiger partial charge < -0.3 is 5.73 Å². The van der Waals surface area contributed by atoms with E-state index in [0.29, 0.717) is 5.56 Å². The Bertz CT molecular complexity index is 474. The maximum atomic E-state index is 12.2. The fourth-order valence-corrected chi connectivity index (χ4v) is 1.85. The highest BCUT2D eigenvalue weighted by Gasteiger charge is 2.24. The Morgan fingerprint density at radius 1 is 1.44 bits per heavy atom. The minimum Gasteiger partial charge on any atom is -0.326 e. The van der Waals surface area contributed by atoms with Crippen molar-refractivity contribution in [2.24, 2.45) is 5.73 Å². The third-order valence-electron chi connectivity index (χ3n) is 2.10. The fourth-order valence-electron chi connectivity index (χ4n) is 1.27. The Morgan fingerprint density at radius 3 is 2.56 bits per heavy atom. The summed E-state index contributed by atoms with van der Waals surface area (Å²) in [5, 5.41) is 0. The molecule has 0 aliphatic rings. The number of hydrogen-bond acceptors (Lipinski definition) is 3. The summed E-state index contributed by atoms with van der Waals surface area (Å²) in [6, 6.07) is 4.69. The number of alkyl halides is 2. The van der Waals surface area contributed by atoms with E-state index in [0.717, 1.165) is 5.56 Å². The van der Waals surface area contributed by atoms with Crippen molar-refractivity contribution >= 4 is 15.7 Å². The monoisotopic (exact) mass is 250 g/mol. The molecule has 0 bridgehead atoms. The highest BCUT2D eigenvalue weighted by molar-refractivity contribution is 7.93. The van der Waals surface area contributed by atoms with E-state index < -0.39 is 15.8 Å². The maximum absolute atomic E-state index is 12.2. The van der Waals surface area contributed by atoms with Gasteiger partial charge in [0.25, 0.3) is 10.0 Å². The summed E-state index contributed by atoms with van der Waals surface area (Å²) in [5.41, 5.74) is 6.78. The SMILES string of the molecule is Cc1cccc(NS(=O)(=O)C(F)F)c1CN. The minimum absolute atomic E-state index is 0.0771. The standard InChI is InChI=1S/C9H12F2N2O2S/c1-6-3-2-4-8(7(6)5-12)13-16(14,15)9(10)11/h2-4,9,13H,5,12H2,1H3. The molecule has 7 heteroatoms. The van der Waals surface area contributed by atoms with Crippen molar-refractivity contribution in [2.45, 2.75) is 19.2 Å². The van der Waals surface area contributed by atoms with Crippen LogP contribution in [0.5, 0.6) is 0 Å². The largest absolute Gasteiger partial charge is 0.355 e. The van der Waals surface area contributed by atoms with Crippen LogP contribution in [0.25, 0.3) is 0 Å². The number of anilines is 1. The predicted octanol–water partition coefficient (Wildman–Crippen LogP) is 1.42. The quantitative estimate of drug-likeness (QED) is 0.848. The molecule has 0 unspecified atom stereocenters. The molecule has 0 heterocycles. The van der Waals surface area contributed by atoms with Crippen LogP contribution in [0.2, 0.25) is 0 Å². The van der Waals surface area contributed by atoms with E-state index in [-0.39, 0.29) is 12.2 Å². The van der Waals surface area contributed by atoms with E-state index in [9.17, 15) is 17.2 Å². The molecular formula is C9H12F2N2O2S. The summed E-state index contributed by atoms with van der Waals surface area (Å²) >= 11 is 0. The number of rotatable bonds is 4. The minimum atomic E-state index is -4.64. The molecule has 0 aliphatic heterocycles. The molecule has 16 heavy (non-hydrogen) atoms. The van der Waals surface area contributed by atoms with E-state index >= 15 is 0 Å². The molecule has 90 valence electrons. The van der Waals surface area contributed by atoms with Gasteiger partial charge in [0.15, 0.2) is 0 Å². The van der Waals surface area contributed by atoms with Crippen LogP contribution in [0, 0.1) is 6.92 Å². The topological polar surface area (TPSA) is 72.2 Å². The molecule has 0 radical (unpaired) electrons. The van der Waals surface area contributed by atoms with Gasteiger partial charge in [0.05, 0.1) is 5.69 Å². The van der Waals surface area contributed by atoms with Crippen molar-refractivity contribution in [1.82, 2.24) is 0 Å². The molecule has 4 nitrogen and oxygen atoms in total. The molecule has 0 atom stereocenters. The zero-order valence-corrected chi connectivity index (χ0v) is 9.39. The number of nitrogens with two attached hydrogens (primary N) is 1. The van der Waals surface area contributed by atoms with Gasteiger partial charge in [-0.2, -0.15) is 8.78 Å². The smallest absolute Gasteiger partial charge is 0.326 e. The Hall–Kier alpha value is -1.21. The summed E-state index contributed by atoms with van der Waals surface area (Å²) < 4.78 is 48.1. The van der Waals surface area contributed by atoms with Crippen LogP contribution in [0.1, 0.15) is 11.1 Å². The second-order valence-electron chi connectivity index (χ2n) is 3.21. The molecule has 1 rings (SSSR count). The van der Waals surface area contributed by atoms with E-state index in [2.05, 4.69) is 0 Å². The van der Waals surface area contributed by atoms with Crippen LogP contribution in [-0.2, 0) is 16.6 Å².